The van der Waals surface area contributed by atoms with Crippen molar-refractivity contribution < 1.29 is 9.90 Å². The van der Waals surface area contributed by atoms with Crippen molar-refractivity contribution in [3.63, 3.8) is 0 Å². The van der Waals surface area contributed by atoms with Crippen LogP contribution in [0.3, 0.4) is 0 Å². The van der Waals surface area contributed by atoms with E-state index in [1.165, 1.54) is 5.69 Å². The second kappa shape index (κ2) is 5.73. The first kappa shape index (κ1) is 12.8. The molecule has 0 aromatic carbocycles. The third-order valence-electron chi connectivity index (χ3n) is 3.01. The number of rotatable bonds is 6. The van der Waals surface area contributed by atoms with Gasteiger partial charge in [-0.15, -0.1) is 0 Å². The third-order valence-corrected chi connectivity index (χ3v) is 3.01. The van der Waals surface area contributed by atoms with Crippen molar-refractivity contribution >= 4 is 5.97 Å². The van der Waals surface area contributed by atoms with Crippen LogP contribution < -0.4 is 0 Å². The first-order chi connectivity index (χ1) is 7.56. The van der Waals surface area contributed by atoms with Gasteiger partial charge in [-0.1, -0.05) is 20.3 Å². The predicted octanol–water partition coefficient (Wildman–Crippen LogP) is 3.17. The summed E-state index contributed by atoms with van der Waals surface area (Å²) in [6, 6.07) is 4.20. The summed E-state index contributed by atoms with van der Waals surface area (Å²) in [5, 5.41) is 8.72. The lowest BCUT2D eigenvalue weighted by atomic mass is 10.0. The van der Waals surface area contributed by atoms with Crippen molar-refractivity contribution in [1.82, 2.24) is 4.57 Å². The van der Waals surface area contributed by atoms with Gasteiger partial charge in [-0.05, 0) is 31.4 Å². The quantitative estimate of drug-likeness (QED) is 0.804. The number of carboxylic acids is 1. The Morgan fingerprint density at radius 2 is 2.19 bits per heavy atom. The van der Waals surface area contributed by atoms with Gasteiger partial charge in [0.25, 0.3) is 0 Å². The summed E-state index contributed by atoms with van der Waals surface area (Å²) < 4.78 is 2.13. The van der Waals surface area contributed by atoms with Crippen LogP contribution in [0.15, 0.2) is 12.1 Å². The molecule has 0 radical (unpaired) electrons. The van der Waals surface area contributed by atoms with Crippen LogP contribution in [0.25, 0.3) is 0 Å². The standard InChI is InChI=1S/C13H21NO2/c1-4-5-10(2)12-7-6-11(3)14(12)9-8-13(15)16/h6-7,10H,4-5,8-9H2,1-3H3,(H,15,16). The van der Waals surface area contributed by atoms with E-state index in [4.69, 9.17) is 5.11 Å². The number of hydrogen-bond acceptors (Lipinski definition) is 1. The van der Waals surface area contributed by atoms with E-state index in [9.17, 15) is 4.79 Å². The topological polar surface area (TPSA) is 42.2 Å². The Hall–Kier alpha value is -1.25. The van der Waals surface area contributed by atoms with Gasteiger partial charge in [0.2, 0.25) is 0 Å². The van der Waals surface area contributed by atoms with Crippen LogP contribution in [-0.2, 0) is 11.3 Å². The summed E-state index contributed by atoms with van der Waals surface area (Å²) in [6.45, 7) is 6.99. The second-order valence-electron chi connectivity index (χ2n) is 4.38. The summed E-state index contributed by atoms with van der Waals surface area (Å²) in [7, 11) is 0. The zero-order valence-electron chi connectivity index (χ0n) is 10.4. The van der Waals surface area contributed by atoms with Gasteiger partial charge in [-0.3, -0.25) is 4.79 Å². The Labute approximate surface area is 97.1 Å². The van der Waals surface area contributed by atoms with Crippen LogP contribution in [0.1, 0.15) is 50.4 Å². The van der Waals surface area contributed by atoms with Crippen molar-refractivity contribution in [2.75, 3.05) is 0 Å². The summed E-state index contributed by atoms with van der Waals surface area (Å²) >= 11 is 0. The maximum absolute atomic E-state index is 10.6. The molecule has 0 spiro atoms. The highest BCUT2D eigenvalue weighted by Crippen LogP contribution is 2.23. The molecule has 0 amide bonds. The van der Waals surface area contributed by atoms with Crippen LogP contribution in [-0.4, -0.2) is 15.6 Å². The first-order valence-corrected chi connectivity index (χ1v) is 5.94. The van der Waals surface area contributed by atoms with Crippen LogP contribution in [0.4, 0.5) is 0 Å². The van der Waals surface area contributed by atoms with E-state index in [1.54, 1.807) is 0 Å². The molecule has 1 unspecified atom stereocenters. The maximum Gasteiger partial charge on any atom is 0.305 e. The molecule has 0 saturated carbocycles. The minimum Gasteiger partial charge on any atom is -0.481 e. The van der Waals surface area contributed by atoms with Crippen molar-refractivity contribution in [3.05, 3.63) is 23.5 Å². The molecule has 0 saturated heterocycles. The van der Waals surface area contributed by atoms with Gasteiger partial charge >= 0.3 is 5.97 Å². The van der Waals surface area contributed by atoms with Gasteiger partial charge < -0.3 is 9.67 Å². The molecule has 1 aromatic heterocycles. The fourth-order valence-corrected chi connectivity index (χ4v) is 2.11. The summed E-state index contributed by atoms with van der Waals surface area (Å²) in [5.74, 6) is -0.227. The number of aryl methyl sites for hydroxylation is 1. The molecule has 3 nitrogen and oxygen atoms in total. The van der Waals surface area contributed by atoms with Crippen LogP contribution in [0, 0.1) is 6.92 Å². The number of carbonyl (C=O) groups is 1. The number of nitrogens with zero attached hydrogens (tertiary/aromatic N) is 1. The van der Waals surface area contributed by atoms with Gasteiger partial charge in [-0.25, -0.2) is 0 Å². The summed E-state index contributed by atoms with van der Waals surface area (Å²) in [5.41, 5.74) is 2.42. The van der Waals surface area contributed by atoms with Crippen LogP contribution in [0.2, 0.25) is 0 Å². The van der Waals surface area contributed by atoms with E-state index < -0.39 is 5.97 Å². The van der Waals surface area contributed by atoms with E-state index in [-0.39, 0.29) is 6.42 Å². The normalized spacial score (nSPS) is 12.7. The molecule has 0 bridgehead atoms. The van der Waals surface area contributed by atoms with E-state index in [2.05, 4.69) is 30.5 Å². The fraction of sp³-hybridized carbons (Fsp3) is 0.615. The molecule has 0 aliphatic rings. The van der Waals surface area contributed by atoms with E-state index in [1.807, 2.05) is 6.92 Å². The highest BCUT2D eigenvalue weighted by Gasteiger charge is 2.12. The number of aromatic nitrogens is 1. The number of aliphatic carboxylic acids is 1. The predicted molar refractivity (Wildman–Crippen MR) is 64.7 cm³/mol. The third kappa shape index (κ3) is 3.12. The van der Waals surface area contributed by atoms with Crippen molar-refractivity contribution in [2.24, 2.45) is 0 Å². The Morgan fingerprint density at radius 1 is 1.50 bits per heavy atom. The lowest BCUT2D eigenvalue weighted by molar-refractivity contribution is -0.137. The molecule has 0 fully saturated rings. The largest absolute Gasteiger partial charge is 0.481 e. The zero-order chi connectivity index (χ0) is 12.1. The van der Waals surface area contributed by atoms with Crippen molar-refractivity contribution in [3.8, 4) is 0 Å². The van der Waals surface area contributed by atoms with E-state index >= 15 is 0 Å². The zero-order valence-corrected chi connectivity index (χ0v) is 10.4. The van der Waals surface area contributed by atoms with Gasteiger partial charge in [0.15, 0.2) is 0 Å². The molecule has 90 valence electrons. The van der Waals surface area contributed by atoms with Gasteiger partial charge in [-0.2, -0.15) is 0 Å². The first-order valence-electron chi connectivity index (χ1n) is 5.94. The molecule has 1 N–H and O–H groups in total. The Bertz CT molecular complexity index is 355. The van der Waals surface area contributed by atoms with Crippen LogP contribution in [0.5, 0.6) is 0 Å². The van der Waals surface area contributed by atoms with Gasteiger partial charge in [0.05, 0.1) is 6.42 Å². The van der Waals surface area contributed by atoms with E-state index in [0.717, 1.165) is 18.5 Å². The monoisotopic (exact) mass is 223 g/mol. The minimum atomic E-state index is -0.734. The number of carboxylic acid groups (broad SMARTS) is 1. The van der Waals surface area contributed by atoms with Crippen molar-refractivity contribution in [1.29, 1.82) is 0 Å². The molecule has 0 aliphatic carbocycles. The molecule has 1 heterocycles. The molecular formula is C13H21NO2. The van der Waals surface area contributed by atoms with Crippen molar-refractivity contribution in [2.45, 2.75) is 52.5 Å². The van der Waals surface area contributed by atoms with Crippen LogP contribution >= 0.6 is 0 Å². The summed E-state index contributed by atoms with van der Waals surface area (Å²) in [4.78, 5) is 10.6. The van der Waals surface area contributed by atoms with E-state index in [0.29, 0.717) is 12.5 Å². The molecule has 1 aromatic rings. The number of hydrogen-bond donors (Lipinski definition) is 1. The molecule has 3 heteroatoms. The lowest BCUT2D eigenvalue weighted by Crippen LogP contribution is -2.10. The molecule has 1 atom stereocenters. The van der Waals surface area contributed by atoms with Gasteiger partial charge in [0, 0.05) is 17.9 Å². The average Bonchev–Trinajstić information content (AvgIpc) is 2.57. The average molecular weight is 223 g/mol. The highest BCUT2D eigenvalue weighted by atomic mass is 16.4. The Morgan fingerprint density at radius 3 is 2.75 bits per heavy atom. The molecule has 16 heavy (non-hydrogen) atoms. The Balaban J connectivity index is 2.80. The highest BCUT2D eigenvalue weighted by molar-refractivity contribution is 5.66. The lowest BCUT2D eigenvalue weighted by Gasteiger charge is -2.15. The fourth-order valence-electron chi connectivity index (χ4n) is 2.11. The second-order valence-corrected chi connectivity index (χ2v) is 4.38. The minimum absolute atomic E-state index is 0.196. The molecule has 0 aliphatic heterocycles. The molecular weight excluding hydrogens is 202 g/mol. The smallest absolute Gasteiger partial charge is 0.305 e. The summed E-state index contributed by atoms with van der Waals surface area (Å²) in [6.07, 6.45) is 2.50. The Kier molecular flexibility index (Phi) is 4.59. The maximum atomic E-state index is 10.6. The molecule has 1 rings (SSSR count). The SMILES string of the molecule is CCCC(C)c1ccc(C)n1CCC(=O)O. The van der Waals surface area contributed by atoms with Gasteiger partial charge in [0.1, 0.15) is 0 Å².